The topological polar surface area (TPSA) is 114 Å². The number of ether oxygens (including phenoxy) is 1. The molecule has 5 N–H and O–H groups in total. The first-order valence-electron chi connectivity index (χ1n) is 9.83. The van der Waals surface area contributed by atoms with E-state index in [1.54, 1.807) is 19.9 Å². The van der Waals surface area contributed by atoms with Crippen molar-refractivity contribution in [1.82, 2.24) is 9.97 Å². The number of benzene rings is 2. The molecule has 8 nitrogen and oxygen atoms in total. The van der Waals surface area contributed by atoms with Crippen LogP contribution in [0.25, 0.3) is 11.3 Å². The third-order valence-electron chi connectivity index (χ3n) is 4.76. The highest BCUT2D eigenvalue weighted by Gasteiger charge is 2.35. The number of aromatic nitrogens is 2. The molecule has 0 aliphatic carbocycles. The number of nitrogens with two attached hydrogens (primary N) is 1. The van der Waals surface area contributed by atoms with Crippen molar-refractivity contribution in [3.63, 3.8) is 0 Å². The number of rotatable bonds is 6. The van der Waals surface area contributed by atoms with Gasteiger partial charge in [-0.25, -0.2) is 4.98 Å². The molecule has 2 aromatic carbocycles. The molecule has 0 saturated carbocycles. The summed E-state index contributed by atoms with van der Waals surface area (Å²) >= 11 is 6.07. The summed E-state index contributed by atoms with van der Waals surface area (Å²) in [6, 6.07) is 14.8. The van der Waals surface area contributed by atoms with E-state index in [0.29, 0.717) is 41.1 Å². The highest BCUT2D eigenvalue weighted by atomic mass is 35.5. The molecule has 2 heterocycles. The third-order valence-corrected chi connectivity index (χ3v) is 5.00. The number of carbonyl (C=O) groups is 1. The first kappa shape index (κ1) is 20.7. The molecular weight excluding hydrogens is 416 g/mol. The first-order valence-corrected chi connectivity index (χ1v) is 10.2. The van der Waals surface area contributed by atoms with Gasteiger partial charge >= 0.3 is 0 Å². The minimum absolute atomic E-state index is 0.171. The molecule has 160 valence electrons. The fraction of sp³-hybridized carbons (Fsp3) is 0.227. The van der Waals surface area contributed by atoms with Crippen molar-refractivity contribution in [3.05, 3.63) is 53.6 Å². The average Bonchev–Trinajstić information content (AvgIpc) is 2.72. The van der Waals surface area contributed by atoms with Gasteiger partial charge in [0.25, 0.3) is 5.91 Å². The zero-order valence-electron chi connectivity index (χ0n) is 17.2. The summed E-state index contributed by atoms with van der Waals surface area (Å²) in [7, 11) is 0. The maximum atomic E-state index is 12.1. The average molecular weight is 439 g/mol. The largest absolute Gasteiger partial charge is 0.476 e. The van der Waals surface area contributed by atoms with Crippen LogP contribution in [-0.2, 0) is 4.79 Å². The second-order valence-electron chi connectivity index (χ2n) is 7.64. The van der Waals surface area contributed by atoms with Crippen LogP contribution < -0.4 is 26.4 Å². The molecule has 0 saturated heterocycles. The van der Waals surface area contributed by atoms with Crippen LogP contribution in [0.1, 0.15) is 13.8 Å². The van der Waals surface area contributed by atoms with Crippen LogP contribution in [-0.4, -0.2) is 34.6 Å². The van der Waals surface area contributed by atoms with Crippen molar-refractivity contribution in [2.45, 2.75) is 19.4 Å². The van der Waals surface area contributed by atoms with Gasteiger partial charge < -0.3 is 26.4 Å². The highest BCUT2D eigenvalue weighted by Crippen LogP contribution is 2.35. The fourth-order valence-electron chi connectivity index (χ4n) is 3.17. The number of nitrogen functional groups attached to an aromatic ring is 1. The molecule has 0 unspecified atom stereocenters. The Balaban J connectivity index is 1.36. The van der Waals surface area contributed by atoms with E-state index in [-0.39, 0.29) is 11.9 Å². The summed E-state index contributed by atoms with van der Waals surface area (Å²) in [6.07, 6.45) is 0. The van der Waals surface area contributed by atoms with Crippen LogP contribution in [0.4, 0.5) is 23.1 Å². The van der Waals surface area contributed by atoms with E-state index in [9.17, 15) is 4.79 Å². The number of halogens is 1. The molecule has 0 spiro atoms. The second-order valence-corrected chi connectivity index (χ2v) is 8.07. The Labute approximate surface area is 185 Å². The van der Waals surface area contributed by atoms with E-state index in [0.717, 1.165) is 11.3 Å². The Hall–Kier alpha value is -3.52. The number of nitrogens with one attached hydrogen (secondary N) is 3. The van der Waals surface area contributed by atoms with Gasteiger partial charge in [0.2, 0.25) is 5.95 Å². The van der Waals surface area contributed by atoms with E-state index >= 15 is 0 Å². The number of carbonyl (C=O) groups excluding carboxylic acids is 1. The lowest BCUT2D eigenvalue weighted by molar-refractivity contribution is -0.129. The van der Waals surface area contributed by atoms with Gasteiger partial charge in [-0.15, -0.1) is 0 Å². The standard InChI is InChI=1S/C22H23ClN6O2/c1-22(2)20(30)27-17-11-15(6-7-18(17)31-22)25-8-9-26-19-12-16(28-21(24)29-19)13-4-3-5-14(23)10-13/h3-7,10-12,25H,8-9H2,1-2H3,(H,27,30)(H3,24,26,28,29). The van der Waals surface area contributed by atoms with Gasteiger partial charge in [0.1, 0.15) is 11.6 Å². The summed E-state index contributed by atoms with van der Waals surface area (Å²) in [4.78, 5) is 20.6. The second kappa shape index (κ2) is 8.31. The zero-order chi connectivity index (χ0) is 22.0. The molecule has 0 bridgehead atoms. The maximum absolute atomic E-state index is 12.1. The lowest BCUT2D eigenvalue weighted by Gasteiger charge is -2.31. The number of nitrogens with zero attached hydrogens (tertiary/aromatic N) is 2. The normalized spacial score (nSPS) is 14.2. The Kier molecular flexibility index (Phi) is 5.56. The molecule has 1 aliphatic heterocycles. The molecular formula is C22H23ClN6O2. The fourth-order valence-corrected chi connectivity index (χ4v) is 3.36. The Morgan fingerprint density at radius 1 is 1.10 bits per heavy atom. The lowest BCUT2D eigenvalue weighted by Crippen LogP contribution is -2.45. The molecule has 31 heavy (non-hydrogen) atoms. The van der Waals surface area contributed by atoms with E-state index in [2.05, 4.69) is 25.9 Å². The number of amides is 1. The van der Waals surface area contributed by atoms with Crippen molar-refractivity contribution in [3.8, 4) is 17.0 Å². The van der Waals surface area contributed by atoms with Crippen LogP contribution in [0.3, 0.4) is 0 Å². The molecule has 9 heteroatoms. The summed E-state index contributed by atoms with van der Waals surface area (Å²) in [5.41, 5.74) is 8.06. The summed E-state index contributed by atoms with van der Waals surface area (Å²) in [6.45, 7) is 4.69. The van der Waals surface area contributed by atoms with Gasteiger partial charge in [-0.1, -0.05) is 23.7 Å². The molecule has 1 amide bonds. The minimum atomic E-state index is -0.880. The summed E-state index contributed by atoms with van der Waals surface area (Å²) in [5, 5.41) is 10.1. The van der Waals surface area contributed by atoms with Gasteiger partial charge in [-0.2, -0.15) is 4.98 Å². The Bertz CT molecular complexity index is 1130. The van der Waals surface area contributed by atoms with Crippen LogP contribution >= 0.6 is 11.6 Å². The van der Waals surface area contributed by atoms with Crippen LogP contribution in [0.5, 0.6) is 5.75 Å². The summed E-state index contributed by atoms with van der Waals surface area (Å²) < 4.78 is 5.75. The predicted octanol–water partition coefficient (Wildman–Crippen LogP) is 4.01. The van der Waals surface area contributed by atoms with Crippen molar-refractivity contribution >= 4 is 40.6 Å². The van der Waals surface area contributed by atoms with Crippen molar-refractivity contribution in [2.24, 2.45) is 0 Å². The summed E-state index contributed by atoms with van der Waals surface area (Å²) in [5.74, 6) is 1.29. The number of fused-ring (bicyclic) bond motifs is 1. The van der Waals surface area contributed by atoms with E-state index in [1.807, 2.05) is 42.5 Å². The molecule has 0 radical (unpaired) electrons. The molecule has 4 rings (SSSR count). The zero-order valence-corrected chi connectivity index (χ0v) is 18.0. The van der Waals surface area contributed by atoms with Crippen molar-refractivity contribution < 1.29 is 9.53 Å². The number of hydrogen-bond donors (Lipinski definition) is 4. The van der Waals surface area contributed by atoms with E-state index in [4.69, 9.17) is 22.1 Å². The SMILES string of the molecule is CC1(C)Oc2ccc(NCCNc3cc(-c4cccc(Cl)c4)nc(N)n3)cc2NC1=O. The van der Waals surface area contributed by atoms with Crippen LogP contribution in [0, 0.1) is 0 Å². The van der Waals surface area contributed by atoms with E-state index < -0.39 is 5.60 Å². The quantitative estimate of drug-likeness (QED) is 0.430. The molecule has 1 aliphatic rings. The molecule has 1 aromatic heterocycles. The van der Waals surface area contributed by atoms with E-state index in [1.165, 1.54) is 0 Å². The monoisotopic (exact) mass is 438 g/mol. The Morgan fingerprint density at radius 3 is 2.71 bits per heavy atom. The van der Waals surface area contributed by atoms with Gasteiger partial charge in [0, 0.05) is 35.4 Å². The minimum Gasteiger partial charge on any atom is -0.476 e. The lowest BCUT2D eigenvalue weighted by atomic mass is 10.1. The molecule has 3 aromatic rings. The smallest absolute Gasteiger partial charge is 0.268 e. The van der Waals surface area contributed by atoms with Crippen molar-refractivity contribution in [2.75, 3.05) is 34.8 Å². The van der Waals surface area contributed by atoms with Crippen LogP contribution in [0.15, 0.2) is 48.5 Å². The molecule has 0 atom stereocenters. The number of anilines is 4. The van der Waals surface area contributed by atoms with Gasteiger partial charge in [0.05, 0.1) is 11.4 Å². The van der Waals surface area contributed by atoms with Crippen LogP contribution in [0.2, 0.25) is 5.02 Å². The first-order chi connectivity index (χ1) is 14.8. The number of hydrogen-bond acceptors (Lipinski definition) is 7. The molecule has 0 fully saturated rings. The van der Waals surface area contributed by atoms with Gasteiger partial charge in [-0.3, -0.25) is 4.79 Å². The van der Waals surface area contributed by atoms with Gasteiger partial charge in [-0.05, 0) is 44.2 Å². The highest BCUT2D eigenvalue weighted by molar-refractivity contribution is 6.30. The Morgan fingerprint density at radius 2 is 1.90 bits per heavy atom. The van der Waals surface area contributed by atoms with Gasteiger partial charge in [0.15, 0.2) is 5.60 Å². The maximum Gasteiger partial charge on any atom is 0.268 e. The predicted molar refractivity (Wildman–Crippen MR) is 124 cm³/mol. The van der Waals surface area contributed by atoms with Crippen molar-refractivity contribution in [1.29, 1.82) is 0 Å². The third kappa shape index (κ3) is 4.80.